The Morgan fingerprint density at radius 3 is 0.812 bits per heavy atom. The molecule has 0 saturated heterocycles. The number of ether oxygens (including phenoxy) is 2. The van der Waals surface area contributed by atoms with Crippen molar-refractivity contribution in [2.45, 2.75) is 354 Å². The number of unbranched alkanes of at least 4 members (excludes halogenated alkanes) is 40. The molecule has 0 heterocycles. The Morgan fingerprint density at radius 1 is 0.300 bits per heavy atom. The van der Waals surface area contributed by atoms with Gasteiger partial charge in [-0.1, -0.05) is 336 Å². The first-order valence-electron chi connectivity index (χ1n) is 34.8. The average Bonchev–Trinajstić information content (AvgIpc) is 3.46. The highest BCUT2D eigenvalue weighted by atomic mass is 16.6. The molecule has 0 aliphatic rings. The van der Waals surface area contributed by atoms with Gasteiger partial charge in [-0.05, 0) is 96.3 Å². The van der Waals surface area contributed by atoms with Crippen molar-refractivity contribution in [3.05, 3.63) is 97.2 Å². The zero-order valence-electron chi connectivity index (χ0n) is 53.1. The number of hydrogen-bond donors (Lipinski definition) is 1. The maximum Gasteiger partial charge on any atom is 0.306 e. The van der Waals surface area contributed by atoms with Gasteiger partial charge in [0.25, 0.3) is 0 Å². The third-order valence-corrected chi connectivity index (χ3v) is 15.4. The van der Waals surface area contributed by atoms with Gasteiger partial charge in [-0.25, -0.2) is 0 Å². The Bertz CT molecular complexity index is 1500. The van der Waals surface area contributed by atoms with Crippen LogP contribution in [0.15, 0.2) is 97.2 Å². The highest BCUT2D eigenvalue weighted by Crippen LogP contribution is 2.18. The summed E-state index contributed by atoms with van der Waals surface area (Å²) in [6.07, 6.45) is 100. The van der Waals surface area contributed by atoms with Gasteiger partial charge in [0.05, 0.1) is 6.61 Å². The average molecular weight is 1110 g/mol. The van der Waals surface area contributed by atoms with E-state index in [0.717, 1.165) is 83.5 Å². The zero-order chi connectivity index (χ0) is 57.6. The van der Waals surface area contributed by atoms with E-state index in [0.29, 0.717) is 12.8 Å². The topological polar surface area (TPSA) is 72.8 Å². The lowest BCUT2D eigenvalue weighted by molar-refractivity contribution is -0.161. The molecule has 0 fully saturated rings. The maximum atomic E-state index is 12.4. The van der Waals surface area contributed by atoms with Gasteiger partial charge in [0, 0.05) is 12.8 Å². The second-order valence-corrected chi connectivity index (χ2v) is 23.2. The summed E-state index contributed by atoms with van der Waals surface area (Å²) in [6, 6.07) is 0. The third kappa shape index (κ3) is 67.3. The van der Waals surface area contributed by atoms with Crippen LogP contribution in [0, 0.1) is 0 Å². The third-order valence-electron chi connectivity index (χ3n) is 15.4. The number of rotatable bonds is 64. The van der Waals surface area contributed by atoms with Crippen molar-refractivity contribution >= 4 is 11.9 Å². The largest absolute Gasteiger partial charge is 0.462 e. The van der Waals surface area contributed by atoms with Crippen LogP contribution in [0.5, 0.6) is 0 Å². The normalized spacial score (nSPS) is 12.8. The molecule has 462 valence electrons. The minimum absolute atomic E-state index is 0.0665. The van der Waals surface area contributed by atoms with E-state index in [-0.39, 0.29) is 25.2 Å². The van der Waals surface area contributed by atoms with E-state index in [1.165, 1.54) is 238 Å². The summed E-state index contributed by atoms with van der Waals surface area (Å²) in [5.74, 6) is -0.581. The lowest BCUT2D eigenvalue weighted by Crippen LogP contribution is -2.28. The van der Waals surface area contributed by atoms with Crippen LogP contribution in [0.2, 0.25) is 0 Å². The van der Waals surface area contributed by atoms with Crippen LogP contribution >= 0.6 is 0 Å². The van der Waals surface area contributed by atoms with Crippen molar-refractivity contribution in [1.29, 1.82) is 0 Å². The van der Waals surface area contributed by atoms with Gasteiger partial charge in [0.1, 0.15) is 6.61 Å². The zero-order valence-corrected chi connectivity index (χ0v) is 53.1. The lowest BCUT2D eigenvalue weighted by Gasteiger charge is -2.15. The van der Waals surface area contributed by atoms with E-state index in [4.69, 9.17) is 9.47 Å². The Kier molecular flexibility index (Phi) is 67.3. The van der Waals surface area contributed by atoms with E-state index in [2.05, 4.69) is 111 Å². The van der Waals surface area contributed by atoms with Crippen molar-refractivity contribution in [3.63, 3.8) is 0 Å². The Morgan fingerprint density at radius 2 is 0.537 bits per heavy atom. The summed E-state index contributed by atoms with van der Waals surface area (Å²) in [5, 5.41) is 9.70. The predicted octanol–water partition coefficient (Wildman–Crippen LogP) is 24.2. The molecule has 0 aromatic heterocycles. The van der Waals surface area contributed by atoms with Crippen LogP contribution < -0.4 is 0 Å². The number of aliphatic hydroxyl groups is 1. The van der Waals surface area contributed by atoms with Crippen molar-refractivity contribution in [3.8, 4) is 0 Å². The predicted molar refractivity (Wildman–Crippen MR) is 352 cm³/mol. The summed E-state index contributed by atoms with van der Waals surface area (Å²) >= 11 is 0. The molecule has 0 bridgehead atoms. The van der Waals surface area contributed by atoms with Crippen LogP contribution in [0.4, 0.5) is 0 Å². The smallest absolute Gasteiger partial charge is 0.306 e. The first-order chi connectivity index (χ1) is 39.6. The molecule has 0 radical (unpaired) electrons. The summed E-state index contributed by atoms with van der Waals surface area (Å²) in [5.41, 5.74) is 0. The first-order valence-corrected chi connectivity index (χ1v) is 34.8. The van der Waals surface area contributed by atoms with E-state index in [1.54, 1.807) is 0 Å². The number of hydrogen-bond acceptors (Lipinski definition) is 5. The maximum absolute atomic E-state index is 12.4. The molecule has 0 saturated carbocycles. The number of aliphatic hydroxyl groups excluding tert-OH is 1. The van der Waals surface area contributed by atoms with Crippen LogP contribution in [0.25, 0.3) is 0 Å². The second kappa shape index (κ2) is 70.1. The number of esters is 2. The second-order valence-electron chi connectivity index (χ2n) is 23.2. The van der Waals surface area contributed by atoms with E-state index >= 15 is 0 Å². The molecule has 1 unspecified atom stereocenters. The van der Waals surface area contributed by atoms with Gasteiger partial charge >= 0.3 is 11.9 Å². The standard InChI is InChI=1S/C75H132O5/c1-3-5-7-9-11-13-15-17-19-21-23-25-27-29-31-33-35-36-37-38-40-41-43-45-47-49-51-53-55-57-59-61-63-65-67-69-74(77)79-72-73(71-76)80-75(78)70-68-66-64-62-60-58-56-54-52-50-48-46-44-42-39-34-32-30-28-26-24-22-20-18-16-14-12-10-8-6-4-2/h6,8,12,14-15,17-18,20-21,23-24,26,30,32,39,42,73,76H,3-5,7,9-11,13,16,19,22,25,27-29,31,33-38,40-41,43-72H2,1-2H3/b8-6-,14-12-,17-15-,20-18-,23-21-,26-24-,32-30-,42-39-. The van der Waals surface area contributed by atoms with Crippen molar-refractivity contribution < 1.29 is 24.2 Å². The van der Waals surface area contributed by atoms with E-state index < -0.39 is 6.10 Å². The molecule has 5 heteroatoms. The lowest BCUT2D eigenvalue weighted by atomic mass is 10.0. The molecule has 5 nitrogen and oxygen atoms in total. The molecule has 0 aromatic rings. The molecule has 0 amide bonds. The van der Waals surface area contributed by atoms with Gasteiger partial charge in [-0.2, -0.15) is 0 Å². The quantitative estimate of drug-likeness (QED) is 0.0373. The van der Waals surface area contributed by atoms with Gasteiger partial charge < -0.3 is 14.6 Å². The highest BCUT2D eigenvalue weighted by molar-refractivity contribution is 5.70. The molecule has 0 spiro atoms. The Hall–Kier alpha value is -3.18. The first kappa shape index (κ1) is 76.8. The van der Waals surface area contributed by atoms with Crippen LogP contribution in [0.1, 0.15) is 348 Å². The monoisotopic (exact) mass is 1110 g/mol. The highest BCUT2D eigenvalue weighted by Gasteiger charge is 2.16. The molecule has 1 atom stereocenters. The fraction of sp³-hybridized carbons (Fsp3) is 0.760. The molecule has 0 aliphatic carbocycles. The molecule has 0 rings (SSSR count). The minimum Gasteiger partial charge on any atom is -0.462 e. The van der Waals surface area contributed by atoms with Crippen molar-refractivity contribution in [2.24, 2.45) is 0 Å². The number of allylic oxidation sites excluding steroid dienone is 16. The Labute approximate surface area is 498 Å². The minimum atomic E-state index is -0.778. The molecular weight excluding hydrogens is 981 g/mol. The van der Waals surface area contributed by atoms with Gasteiger partial charge in [0.15, 0.2) is 6.10 Å². The van der Waals surface area contributed by atoms with Gasteiger partial charge in [0.2, 0.25) is 0 Å². The number of carbonyl (C=O) groups excluding carboxylic acids is 2. The van der Waals surface area contributed by atoms with Gasteiger partial charge in [-0.3, -0.25) is 9.59 Å². The summed E-state index contributed by atoms with van der Waals surface area (Å²) in [6.45, 7) is 4.05. The molecule has 1 N–H and O–H groups in total. The van der Waals surface area contributed by atoms with Crippen LogP contribution in [-0.4, -0.2) is 36.4 Å². The van der Waals surface area contributed by atoms with Gasteiger partial charge in [-0.15, -0.1) is 0 Å². The van der Waals surface area contributed by atoms with E-state index in [1.807, 2.05) is 0 Å². The molecule has 0 aromatic carbocycles. The molecular formula is C75H132O5. The summed E-state index contributed by atoms with van der Waals surface area (Å²) in [7, 11) is 0. The molecule has 0 aliphatic heterocycles. The summed E-state index contributed by atoms with van der Waals surface area (Å²) < 4.78 is 10.8. The molecule has 80 heavy (non-hydrogen) atoms. The fourth-order valence-corrected chi connectivity index (χ4v) is 10.2. The fourth-order valence-electron chi connectivity index (χ4n) is 10.2. The summed E-state index contributed by atoms with van der Waals surface area (Å²) in [4.78, 5) is 24.7. The van der Waals surface area contributed by atoms with Crippen molar-refractivity contribution in [2.75, 3.05) is 13.2 Å². The SMILES string of the molecule is CC/C=C\C/C=C\C/C=C\C/C=C\C/C=C\C/C=C\CCCCCCCCCCCCCCC(=O)OC(CO)COC(=O)CCCCCCCCCCCCCCCCCCCCCCCCC/C=C\C/C=C\CCCCCCC. The van der Waals surface area contributed by atoms with Crippen molar-refractivity contribution in [1.82, 2.24) is 0 Å². The number of carbonyl (C=O) groups is 2. The van der Waals surface area contributed by atoms with Crippen LogP contribution in [0.3, 0.4) is 0 Å². The Balaban J connectivity index is 3.44. The van der Waals surface area contributed by atoms with E-state index in [9.17, 15) is 14.7 Å². The van der Waals surface area contributed by atoms with Crippen LogP contribution in [-0.2, 0) is 19.1 Å².